The van der Waals surface area contributed by atoms with Gasteiger partial charge in [0.05, 0.1) is 12.2 Å². The molecule has 0 saturated carbocycles. The van der Waals surface area contributed by atoms with Gasteiger partial charge in [0, 0.05) is 37.9 Å². The lowest BCUT2D eigenvalue weighted by molar-refractivity contribution is -0.117. The van der Waals surface area contributed by atoms with Crippen molar-refractivity contribution in [2.45, 2.75) is 19.9 Å². The first-order valence-electron chi connectivity index (χ1n) is 7.27. The molecule has 0 bridgehead atoms. The lowest BCUT2D eigenvalue weighted by atomic mass is 10.2. The van der Waals surface area contributed by atoms with Gasteiger partial charge in [0.2, 0.25) is 5.91 Å². The fourth-order valence-electron chi connectivity index (χ4n) is 2.46. The van der Waals surface area contributed by atoms with E-state index in [1.54, 1.807) is 0 Å². The smallest absolute Gasteiger partial charge is 0.238 e. The van der Waals surface area contributed by atoms with Gasteiger partial charge in [-0.1, -0.05) is 0 Å². The number of hydrogen-bond acceptors (Lipinski definition) is 4. The summed E-state index contributed by atoms with van der Waals surface area (Å²) in [5, 5.41) is 2.75. The van der Waals surface area contributed by atoms with Gasteiger partial charge in [0.25, 0.3) is 0 Å². The van der Waals surface area contributed by atoms with Crippen LogP contribution < -0.4 is 11.1 Å². The third-order valence-electron chi connectivity index (χ3n) is 3.78. The number of carbonyl (C=O) groups excluding carboxylic acids is 1. The van der Waals surface area contributed by atoms with Crippen molar-refractivity contribution < 1.29 is 9.18 Å². The van der Waals surface area contributed by atoms with Crippen LogP contribution in [0.25, 0.3) is 0 Å². The molecule has 0 unspecified atom stereocenters. The van der Waals surface area contributed by atoms with Crippen molar-refractivity contribution in [2.24, 2.45) is 0 Å². The Kier molecular flexibility index (Phi) is 5.14. The largest absolute Gasteiger partial charge is 0.396 e. The summed E-state index contributed by atoms with van der Waals surface area (Å²) in [6.45, 7) is 8.45. The highest BCUT2D eigenvalue weighted by molar-refractivity contribution is 5.92. The first-order chi connectivity index (χ1) is 9.95. The van der Waals surface area contributed by atoms with Gasteiger partial charge >= 0.3 is 0 Å². The second-order valence-electron chi connectivity index (χ2n) is 5.69. The molecule has 0 aliphatic carbocycles. The first kappa shape index (κ1) is 15.7. The zero-order chi connectivity index (χ0) is 15.4. The third-order valence-corrected chi connectivity index (χ3v) is 3.78. The van der Waals surface area contributed by atoms with Gasteiger partial charge < -0.3 is 11.1 Å². The first-order valence-corrected chi connectivity index (χ1v) is 7.27. The maximum absolute atomic E-state index is 13.1. The number of carbonyl (C=O) groups is 1. The number of nitrogens with two attached hydrogens (primary N) is 1. The van der Waals surface area contributed by atoms with Crippen LogP contribution in [0.2, 0.25) is 0 Å². The number of amides is 1. The summed E-state index contributed by atoms with van der Waals surface area (Å²) in [5.74, 6) is -0.572. The second kappa shape index (κ2) is 6.87. The van der Waals surface area contributed by atoms with Crippen molar-refractivity contribution in [3.05, 3.63) is 24.0 Å². The number of anilines is 2. The fraction of sp³-hybridized carbons (Fsp3) is 0.533. The standard InChI is InChI=1S/C15H23FN4O/c1-11(2)20-7-5-19(6-8-20)10-15(21)18-12-3-4-13(16)14(17)9-12/h3-4,9,11H,5-8,10,17H2,1-2H3,(H,18,21). The molecule has 1 heterocycles. The van der Waals surface area contributed by atoms with Crippen LogP contribution in [0.3, 0.4) is 0 Å². The zero-order valence-electron chi connectivity index (χ0n) is 12.6. The van der Waals surface area contributed by atoms with Crippen LogP contribution in [-0.4, -0.2) is 54.5 Å². The second-order valence-corrected chi connectivity index (χ2v) is 5.69. The molecule has 1 aliphatic heterocycles. The van der Waals surface area contributed by atoms with Crippen molar-refractivity contribution in [2.75, 3.05) is 43.8 Å². The summed E-state index contributed by atoms with van der Waals surface area (Å²) in [6, 6.07) is 4.75. The minimum absolute atomic E-state index is 0.0401. The van der Waals surface area contributed by atoms with Crippen LogP contribution in [0.1, 0.15) is 13.8 Å². The molecule has 0 aromatic heterocycles. The molecule has 116 valence electrons. The van der Waals surface area contributed by atoms with Gasteiger partial charge in [0.15, 0.2) is 0 Å². The Morgan fingerprint density at radius 2 is 2.00 bits per heavy atom. The molecule has 1 aliphatic rings. The van der Waals surface area contributed by atoms with Gasteiger partial charge in [-0.2, -0.15) is 0 Å². The minimum atomic E-state index is -0.474. The molecule has 0 radical (unpaired) electrons. The monoisotopic (exact) mass is 294 g/mol. The van der Waals surface area contributed by atoms with Crippen LogP contribution >= 0.6 is 0 Å². The molecule has 6 heteroatoms. The van der Waals surface area contributed by atoms with E-state index in [0.717, 1.165) is 26.2 Å². The zero-order valence-corrected chi connectivity index (χ0v) is 12.6. The van der Waals surface area contributed by atoms with Gasteiger partial charge in [-0.3, -0.25) is 14.6 Å². The molecule has 1 fully saturated rings. The summed E-state index contributed by atoms with van der Waals surface area (Å²) in [7, 11) is 0. The predicted octanol–water partition coefficient (Wildman–Crippen LogP) is 1.37. The summed E-state index contributed by atoms with van der Waals surface area (Å²) < 4.78 is 13.1. The lowest BCUT2D eigenvalue weighted by Gasteiger charge is -2.36. The SMILES string of the molecule is CC(C)N1CCN(CC(=O)Nc2ccc(F)c(N)c2)CC1. The van der Waals surface area contributed by atoms with Crippen molar-refractivity contribution in [3.8, 4) is 0 Å². The number of nitrogens with one attached hydrogen (secondary N) is 1. The van der Waals surface area contributed by atoms with E-state index >= 15 is 0 Å². The van der Waals surface area contributed by atoms with E-state index in [9.17, 15) is 9.18 Å². The van der Waals surface area contributed by atoms with Crippen molar-refractivity contribution in [3.63, 3.8) is 0 Å². The molecule has 5 nitrogen and oxygen atoms in total. The fourth-order valence-corrected chi connectivity index (χ4v) is 2.46. The summed E-state index contributed by atoms with van der Waals surface area (Å²) in [5.41, 5.74) is 6.05. The Morgan fingerprint density at radius 3 is 2.57 bits per heavy atom. The van der Waals surface area contributed by atoms with Gasteiger partial charge in [-0.05, 0) is 32.0 Å². The van der Waals surface area contributed by atoms with E-state index in [2.05, 4.69) is 29.0 Å². The van der Waals surface area contributed by atoms with Crippen molar-refractivity contribution in [1.29, 1.82) is 0 Å². The molecular weight excluding hydrogens is 271 g/mol. The third kappa shape index (κ3) is 4.41. The summed E-state index contributed by atoms with van der Waals surface area (Å²) >= 11 is 0. The lowest BCUT2D eigenvalue weighted by Crippen LogP contribution is -2.50. The van der Waals surface area contributed by atoms with E-state index in [0.29, 0.717) is 18.3 Å². The van der Waals surface area contributed by atoms with E-state index in [1.165, 1.54) is 18.2 Å². The van der Waals surface area contributed by atoms with Crippen LogP contribution in [0.5, 0.6) is 0 Å². The Hall–Kier alpha value is -1.66. The van der Waals surface area contributed by atoms with Gasteiger partial charge in [0.1, 0.15) is 5.82 Å². The molecule has 1 aromatic rings. The molecular formula is C15H23FN4O. The highest BCUT2D eigenvalue weighted by Crippen LogP contribution is 2.16. The topological polar surface area (TPSA) is 61.6 Å². The number of nitrogens with zero attached hydrogens (tertiary/aromatic N) is 2. The van der Waals surface area contributed by atoms with Gasteiger partial charge in [-0.15, -0.1) is 0 Å². The Labute approximate surface area is 124 Å². The molecule has 0 atom stereocenters. The predicted molar refractivity (Wildman–Crippen MR) is 82.6 cm³/mol. The molecule has 1 saturated heterocycles. The highest BCUT2D eigenvalue weighted by atomic mass is 19.1. The van der Waals surface area contributed by atoms with Crippen LogP contribution in [0, 0.1) is 5.82 Å². The number of piperazine rings is 1. The van der Waals surface area contributed by atoms with Crippen LogP contribution in [0.4, 0.5) is 15.8 Å². The maximum Gasteiger partial charge on any atom is 0.238 e. The number of rotatable bonds is 4. The average molecular weight is 294 g/mol. The number of nitrogen functional groups attached to an aromatic ring is 1. The Bertz CT molecular complexity index is 498. The van der Waals surface area contributed by atoms with Gasteiger partial charge in [-0.25, -0.2) is 4.39 Å². The van der Waals surface area contributed by atoms with E-state index in [4.69, 9.17) is 5.73 Å². The molecule has 1 aromatic carbocycles. The van der Waals surface area contributed by atoms with E-state index in [-0.39, 0.29) is 11.6 Å². The number of halogens is 1. The van der Waals surface area contributed by atoms with E-state index < -0.39 is 5.82 Å². The Balaban J connectivity index is 1.81. The molecule has 2 rings (SSSR count). The van der Waals surface area contributed by atoms with Crippen molar-refractivity contribution >= 4 is 17.3 Å². The maximum atomic E-state index is 13.1. The molecule has 3 N–H and O–H groups in total. The minimum Gasteiger partial charge on any atom is -0.396 e. The molecule has 21 heavy (non-hydrogen) atoms. The highest BCUT2D eigenvalue weighted by Gasteiger charge is 2.20. The number of hydrogen-bond donors (Lipinski definition) is 2. The van der Waals surface area contributed by atoms with Crippen molar-refractivity contribution in [1.82, 2.24) is 9.80 Å². The average Bonchev–Trinajstić information content (AvgIpc) is 2.43. The molecule has 1 amide bonds. The quantitative estimate of drug-likeness (QED) is 0.824. The summed E-state index contributed by atoms with van der Waals surface area (Å²) in [6.07, 6.45) is 0. The van der Waals surface area contributed by atoms with E-state index in [1.807, 2.05) is 0 Å². The van der Waals surface area contributed by atoms with Crippen LogP contribution in [0.15, 0.2) is 18.2 Å². The summed E-state index contributed by atoms with van der Waals surface area (Å²) in [4.78, 5) is 16.5. The van der Waals surface area contributed by atoms with Crippen LogP contribution in [-0.2, 0) is 4.79 Å². The normalized spacial score (nSPS) is 17.1. The Morgan fingerprint density at radius 1 is 1.33 bits per heavy atom. The molecule has 0 spiro atoms. The number of benzene rings is 1.